The average molecular weight is 324 g/mol. The minimum atomic E-state index is 0.219. The van der Waals surface area contributed by atoms with Gasteiger partial charge in [0.25, 0.3) is 0 Å². The van der Waals surface area contributed by atoms with Crippen LogP contribution in [0.25, 0.3) is 0 Å². The summed E-state index contributed by atoms with van der Waals surface area (Å²) < 4.78 is 0. The van der Waals surface area contributed by atoms with Gasteiger partial charge in [0.2, 0.25) is 5.91 Å². The van der Waals surface area contributed by atoms with Gasteiger partial charge in [0.15, 0.2) is 0 Å². The number of carbonyl (C=O) groups excluding carboxylic acids is 1. The maximum Gasteiger partial charge on any atom is 0.224 e. The molecule has 0 spiro atoms. The lowest BCUT2D eigenvalue weighted by atomic mass is 9.97. The van der Waals surface area contributed by atoms with Crippen LogP contribution in [0.1, 0.15) is 64.7 Å². The highest BCUT2D eigenvalue weighted by molar-refractivity contribution is 5.78. The molecule has 2 rings (SSSR count). The van der Waals surface area contributed by atoms with Gasteiger partial charge in [-0.3, -0.25) is 4.79 Å². The second kappa shape index (κ2) is 11.0. The summed E-state index contributed by atoms with van der Waals surface area (Å²) in [5.74, 6) is 0.514. The summed E-state index contributed by atoms with van der Waals surface area (Å²) in [4.78, 5) is 17.4. The summed E-state index contributed by atoms with van der Waals surface area (Å²) in [5.41, 5.74) is 0. The zero-order valence-electron chi connectivity index (χ0n) is 15.2. The molecule has 0 radical (unpaired) electrons. The van der Waals surface area contributed by atoms with Crippen molar-refractivity contribution in [2.45, 2.75) is 64.7 Å². The molecule has 4 heteroatoms. The van der Waals surface area contributed by atoms with Crippen LogP contribution in [0.4, 0.5) is 0 Å². The van der Waals surface area contributed by atoms with Crippen molar-refractivity contribution in [1.29, 1.82) is 0 Å². The first-order chi connectivity index (χ1) is 11.3. The van der Waals surface area contributed by atoms with E-state index in [-0.39, 0.29) is 5.92 Å². The van der Waals surface area contributed by atoms with Gasteiger partial charge in [-0.05, 0) is 51.7 Å². The smallest absolute Gasteiger partial charge is 0.224 e. The quantitative estimate of drug-likeness (QED) is 0.663. The molecule has 1 atom stereocenters. The highest BCUT2D eigenvalue weighted by Gasteiger charge is 2.25. The molecule has 1 unspecified atom stereocenters. The molecule has 2 aliphatic heterocycles. The van der Waals surface area contributed by atoms with Gasteiger partial charge < -0.3 is 15.1 Å². The molecule has 2 fully saturated rings. The van der Waals surface area contributed by atoms with Gasteiger partial charge in [0.1, 0.15) is 0 Å². The van der Waals surface area contributed by atoms with Crippen molar-refractivity contribution in [1.82, 2.24) is 15.1 Å². The van der Waals surface area contributed by atoms with Crippen molar-refractivity contribution in [2.24, 2.45) is 5.92 Å². The molecule has 1 N–H and O–H groups in total. The Morgan fingerprint density at radius 1 is 0.957 bits per heavy atom. The third kappa shape index (κ3) is 7.21. The van der Waals surface area contributed by atoms with Crippen LogP contribution in [-0.2, 0) is 4.79 Å². The highest BCUT2D eigenvalue weighted by atomic mass is 16.1. The SMILES string of the molecule is CCCCCCNC(=O)C1CCCN(CCN2CCCCC2)C1. The van der Waals surface area contributed by atoms with E-state index < -0.39 is 0 Å². The van der Waals surface area contributed by atoms with Gasteiger partial charge in [-0.25, -0.2) is 0 Å². The second-order valence-electron chi connectivity index (χ2n) is 7.39. The van der Waals surface area contributed by atoms with E-state index in [4.69, 9.17) is 0 Å². The number of carbonyl (C=O) groups is 1. The first-order valence-corrected chi connectivity index (χ1v) is 10.0. The van der Waals surface area contributed by atoms with E-state index in [2.05, 4.69) is 22.0 Å². The zero-order chi connectivity index (χ0) is 16.3. The molecule has 2 heterocycles. The molecular weight excluding hydrogens is 286 g/mol. The fraction of sp³-hybridized carbons (Fsp3) is 0.947. The highest BCUT2D eigenvalue weighted by Crippen LogP contribution is 2.17. The molecular formula is C19H37N3O. The lowest BCUT2D eigenvalue weighted by Gasteiger charge is -2.34. The van der Waals surface area contributed by atoms with Crippen molar-refractivity contribution < 1.29 is 4.79 Å². The number of nitrogens with one attached hydrogen (secondary N) is 1. The van der Waals surface area contributed by atoms with Crippen molar-refractivity contribution in [3.05, 3.63) is 0 Å². The molecule has 23 heavy (non-hydrogen) atoms. The van der Waals surface area contributed by atoms with Gasteiger partial charge in [-0.15, -0.1) is 0 Å². The number of piperidine rings is 2. The summed E-state index contributed by atoms with van der Waals surface area (Å²) in [6.07, 6.45) is 11.3. The largest absolute Gasteiger partial charge is 0.356 e. The molecule has 2 aliphatic rings. The number of amides is 1. The van der Waals surface area contributed by atoms with E-state index in [0.29, 0.717) is 5.91 Å². The van der Waals surface area contributed by atoms with E-state index in [1.165, 1.54) is 71.1 Å². The third-order valence-electron chi connectivity index (χ3n) is 5.39. The normalized spacial score (nSPS) is 23.8. The number of rotatable bonds is 9. The zero-order valence-corrected chi connectivity index (χ0v) is 15.2. The van der Waals surface area contributed by atoms with Crippen molar-refractivity contribution in [2.75, 3.05) is 45.8 Å². The Bertz CT molecular complexity index is 329. The van der Waals surface area contributed by atoms with Gasteiger partial charge >= 0.3 is 0 Å². The predicted molar refractivity (Wildman–Crippen MR) is 96.6 cm³/mol. The second-order valence-corrected chi connectivity index (χ2v) is 7.39. The van der Waals surface area contributed by atoms with Crippen molar-refractivity contribution >= 4 is 5.91 Å². The van der Waals surface area contributed by atoms with Gasteiger partial charge in [0.05, 0.1) is 5.92 Å². The summed E-state index contributed by atoms with van der Waals surface area (Å²) >= 11 is 0. The number of nitrogens with zero attached hydrogens (tertiary/aromatic N) is 2. The van der Waals surface area contributed by atoms with E-state index in [1.54, 1.807) is 0 Å². The van der Waals surface area contributed by atoms with Crippen LogP contribution < -0.4 is 5.32 Å². The lowest BCUT2D eigenvalue weighted by Crippen LogP contribution is -2.46. The fourth-order valence-electron chi connectivity index (χ4n) is 3.85. The first kappa shape index (κ1) is 18.7. The molecule has 0 aromatic carbocycles. The first-order valence-electron chi connectivity index (χ1n) is 10.0. The van der Waals surface area contributed by atoms with E-state index in [9.17, 15) is 4.79 Å². The maximum atomic E-state index is 12.3. The molecule has 0 aromatic rings. The Morgan fingerprint density at radius 3 is 2.48 bits per heavy atom. The number of hydrogen-bond donors (Lipinski definition) is 1. The summed E-state index contributed by atoms with van der Waals surface area (Å²) in [6, 6.07) is 0. The minimum Gasteiger partial charge on any atom is -0.356 e. The fourth-order valence-corrected chi connectivity index (χ4v) is 3.85. The van der Waals surface area contributed by atoms with Gasteiger partial charge in [0, 0.05) is 26.2 Å². The van der Waals surface area contributed by atoms with Crippen LogP contribution in [0.5, 0.6) is 0 Å². The topological polar surface area (TPSA) is 35.6 Å². The summed E-state index contributed by atoms with van der Waals surface area (Å²) in [6.45, 7) is 10.1. The van der Waals surface area contributed by atoms with Crippen molar-refractivity contribution in [3.8, 4) is 0 Å². The van der Waals surface area contributed by atoms with E-state index in [0.717, 1.165) is 32.5 Å². The molecule has 0 bridgehead atoms. The predicted octanol–water partition coefficient (Wildman–Crippen LogP) is 2.88. The van der Waals surface area contributed by atoms with Crippen LogP contribution >= 0.6 is 0 Å². The van der Waals surface area contributed by atoms with E-state index in [1.807, 2.05) is 0 Å². The van der Waals surface area contributed by atoms with Crippen LogP contribution in [0.3, 0.4) is 0 Å². The Labute approximate surface area is 143 Å². The summed E-state index contributed by atoms with van der Waals surface area (Å²) in [5, 5.41) is 3.16. The number of unbranched alkanes of at least 4 members (excludes halogenated alkanes) is 3. The van der Waals surface area contributed by atoms with Gasteiger partial charge in [-0.2, -0.15) is 0 Å². The molecule has 0 aromatic heterocycles. The lowest BCUT2D eigenvalue weighted by molar-refractivity contribution is -0.126. The monoisotopic (exact) mass is 323 g/mol. The molecule has 0 aliphatic carbocycles. The van der Waals surface area contributed by atoms with Crippen molar-refractivity contribution in [3.63, 3.8) is 0 Å². The minimum absolute atomic E-state index is 0.219. The number of hydrogen-bond acceptors (Lipinski definition) is 3. The molecule has 1 amide bonds. The summed E-state index contributed by atoms with van der Waals surface area (Å²) in [7, 11) is 0. The maximum absolute atomic E-state index is 12.3. The Balaban J connectivity index is 1.60. The van der Waals surface area contributed by atoms with Crippen LogP contribution in [0.2, 0.25) is 0 Å². The third-order valence-corrected chi connectivity index (χ3v) is 5.39. The molecule has 0 saturated carbocycles. The standard InChI is InChI=1S/C19H37N3O/c1-2-3-4-6-11-20-19(23)18-10-9-14-22(17-18)16-15-21-12-7-5-8-13-21/h18H,2-17H2,1H3,(H,20,23). The molecule has 4 nitrogen and oxygen atoms in total. The average Bonchev–Trinajstić information content (AvgIpc) is 2.61. The Hall–Kier alpha value is -0.610. The molecule has 2 saturated heterocycles. The van der Waals surface area contributed by atoms with Gasteiger partial charge in [-0.1, -0.05) is 32.6 Å². The Morgan fingerprint density at radius 2 is 1.70 bits per heavy atom. The van der Waals surface area contributed by atoms with E-state index >= 15 is 0 Å². The van der Waals surface area contributed by atoms with Crippen LogP contribution in [-0.4, -0.2) is 61.5 Å². The Kier molecular flexibility index (Phi) is 8.98. The van der Waals surface area contributed by atoms with Crippen LogP contribution in [0, 0.1) is 5.92 Å². The molecule has 134 valence electrons. The van der Waals surface area contributed by atoms with Crippen LogP contribution in [0.15, 0.2) is 0 Å². The number of likely N-dealkylation sites (tertiary alicyclic amines) is 2.